The van der Waals surface area contributed by atoms with Crippen LogP contribution in [0.5, 0.6) is 0 Å². The highest BCUT2D eigenvalue weighted by atomic mass is 16.4. The van der Waals surface area contributed by atoms with E-state index in [1.54, 1.807) is 24.3 Å². The maximum absolute atomic E-state index is 13.1. The third-order valence-electron chi connectivity index (χ3n) is 5.81. The molecule has 7 nitrogen and oxygen atoms in total. The molecule has 0 aromatic heterocycles. The molecule has 1 fully saturated rings. The van der Waals surface area contributed by atoms with Gasteiger partial charge in [0.15, 0.2) is 0 Å². The van der Waals surface area contributed by atoms with E-state index < -0.39 is 12.0 Å². The van der Waals surface area contributed by atoms with Crippen molar-refractivity contribution in [2.24, 2.45) is 17.6 Å². The topological polar surface area (TPSA) is 122 Å². The molecule has 2 aromatic carbocycles. The van der Waals surface area contributed by atoms with Crippen LogP contribution in [0.1, 0.15) is 42.9 Å². The molecule has 3 rings (SSSR count). The average molecular weight is 424 g/mol. The van der Waals surface area contributed by atoms with Crippen molar-refractivity contribution in [3.63, 3.8) is 0 Å². The van der Waals surface area contributed by atoms with Gasteiger partial charge in [0.2, 0.25) is 5.91 Å². The minimum Gasteiger partial charge on any atom is -0.481 e. The molecule has 1 atom stereocenters. The summed E-state index contributed by atoms with van der Waals surface area (Å²) < 4.78 is 0. The van der Waals surface area contributed by atoms with E-state index in [2.05, 4.69) is 10.6 Å². The maximum atomic E-state index is 13.1. The van der Waals surface area contributed by atoms with E-state index in [0.717, 1.165) is 25.7 Å². The number of nitrogens with two attached hydrogens (primary N) is 1. The number of hydrogen-bond donors (Lipinski definition) is 4. The first kappa shape index (κ1) is 22.5. The van der Waals surface area contributed by atoms with E-state index >= 15 is 0 Å². The third kappa shape index (κ3) is 6.39. The van der Waals surface area contributed by atoms with Gasteiger partial charge in [-0.15, -0.1) is 0 Å². The predicted molar refractivity (Wildman–Crippen MR) is 118 cm³/mol. The maximum Gasteiger partial charge on any atom is 0.307 e. The summed E-state index contributed by atoms with van der Waals surface area (Å²) in [6, 6.07) is 15.0. The highest BCUT2D eigenvalue weighted by Gasteiger charge is 2.29. The van der Waals surface area contributed by atoms with Gasteiger partial charge in [-0.1, -0.05) is 42.5 Å². The van der Waals surface area contributed by atoms with Gasteiger partial charge >= 0.3 is 5.97 Å². The van der Waals surface area contributed by atoms with Gasteiger partial charge < -0.3 is 21.5 Å². The molecule has 0 saturated heterocycles. The van der Waals surface area contributed by atoms with Crippen LogP contribution in [0.2, 0.25) is 0 Å². The molecule has 5 N–H and O–H groups in total. The second kappa shape index (κ2) is 10.7. The normalized spacial score (nSPS) is 19.3. The number of rotatable bonds is 8. The Morgan fingerprint density at radius 1 is 0.968 bits per heavy atom. The number of benzene rings is 2. The van der Waals surface area contributed by atoms with Gasteiger partial charge in [0.25, 0.3) is 5.91 Å². The van der Waals surface area contributed by atoms with E-state index in [0.29, 0.717) is 29.3 Å². The van der Waals surface area contributed by atoms with Gasteiger partial charge in [-0.25, -0.2) is 0 Å². The molecule has 1 aliphatic rings. The van der Waals surface area contributed by atoms with Crippen molar-refractivity contribution < 1.29 is 19.5 Å². The van der Waals surface area contributed by atoms with Crippen LogP contribution in [-0.2, 0) is 20.8 Å². The SMILES string of the molecule is NCC1CCC(C(=O)N[C@H](C(=O)Nc2ccc(CC(=O)O)cc2)c2ccccc2)CC1. The summed E-state index contributed by atoms with van der Waals surface area (Å²) >= 11 is 0. The number of carbonyl (C=O) groups is 3. The summed E-state index contributed by atoms with van der Waals surface area (Å²) in [5, 5.41) is 14.6. The molecular weight excluding hydrogens is 394 g/mol. The van der Waals surface area contributed by atoms with Crippen LogP contribution in [0, 0.1) is 11.8 Å². The molecule has 0 bridgehead atoms. The molecule has 0 radical (unpaired) electrons. The third-order valence-corrected chi connectivity index (χ3v) is 5.81. The Morgan fingerprint density at radius 3 is 2.19 bits per heavy atom. The van der Waals surface area contributed by atoms with Gasteiger partial charge in [-0.05, 0) is 61.4 Å². The second-order valence-electron chi connectivity index (χ2n) is 8.06. The van der Waals surface area contributed by atoms with Crippen molar-refractivity contribution in [3.8, 4) is 0 Å². The number of aliphatic carboxylic acids is 1. The lowest BCUT2D eigenvalue weighted by Crippen LogP contribution is -2.41. The molecule has 0 unspecified atom stereocenters. The monoisotopic (exact) mass is 423 g/mol. The number of carbonyl (C=O) groups excluding carboxylic acids is 2. The van der Waals surface area contributed by atoms with Crippen LogP contribution in [0.15, 0.2) is 54.6 Å². The number of hydrogen-bond acceptors (Lipinski definition) is 4. The van der Waals surface area contributed by atoms with Gasteiger partial charge in [0, 0.05) is 11.6 Å². The first-order chi connectivity index (χ1) is 15.0. The molecule has 2 amide bonds. The lowest BCUT2D eigenvalue weighted by molar-refractivity contribution is -0.136. The zero-order valence-electron chi connectivity index (χ0n) is 17.4. The quantitative estimate of drug-likeness (QED) is 0.520. The molecule has 0 spiro atoms. The minimum absolute atomic E-state index is 0.0800. The highest BCUT2D eigenvalue weighted by Crippen LogP contribution is 2.29. The van der Waals surface area contributed by atoms with Gasteiger partial charge in [0.1, 0.15) is 6.04 Å². The Hall–Kier alpha value is -3.19. The zero-order valence-corrected chi connectivity index (χ0v) is 17.4. The van der Waals surface area contributed by atoms with Crippen molar-refractivity contribution in [3.05, 3.63) is 65.7 Å². The van der Waals surface area contributed by atoms with Crippen molar-refractivity contribution in [2.45, 2.75) is 38.1 Å². The highest BCUT2D eigenvalue weighted by molar-refractivity contribution is 5.98. The molecular formula is C24H29N3O4. The summed E-state index contributed by atoms with van der Waals surface area (Å²) in [7, 11) is 0. The van der Waals surface area contributed by atoms with Crippen LogP contribution in [0.3, 0.4) is 0 Å². The second-order valence-corrected chi connectivity index (χ2v) is 8.06. The molecule has 7 heteroatoms. The predicted octanol–water partition coefficient (Wildman–Crippen LogP) is 2.87. The summed E-state index contributed by atoms with van der Waals surface area (Å²) in [6.07, 6.45) is 3.34. The summed E-state index contributed by atoms with van der Waals surface area (Å²) in [5.74, 6) is -1.01. The average Bonchev–Trinajstić information content (AvgIpc) is 2.79. The fourth-order valence-corrected chi connectivity index (χ4v) is 3.96. The van der Waals surface area contributed by atoms with Crippen LogP contribution in [-0.4, -0.2) is 29.4 Å². The fraction of sp³-hybridized carbons (Fsp3) is 0.375. The van der Waals surface area contributed by atoms with Crippen molar-refractivity contribution in [1.82, 2.24) is 5.32 Å². The van der Waals surface area contributed by atoms with E-state index in [-0.39, 0.29) is 24.2 Å². The van der Waals surface area contributed by atoms with Crippen LogP contribution in [0.4, 0.5) is 5.69 Å². The lowest BCUT2D eigenvalue weighted by Gasteiger charge is -2.28. The summed E-state index contributed by atoms with van der Waals surface area (Å²) in [4.78, 5) is 36.8. The van der Waals surface area contributed by atoms with Crippen LogP contribution >= 0.6 is 0 Å². The summed E-state index contributed by atoms with van der Waals surface area (Å²) in [6.45, 7) is 0.647. The van der Waals surface area contributed by atoms with Crippen LogP contribution < -0.4 is 16.4 Å². The Balaban J connectivity index is 1.69. The summed E-state index contributed by atoms with van der Waals surface area (Å²) in [5.41, 5.74) is 7.63. The number of carboxylic acid groups (broad SMARTS) is 1. The van der Waals surface area contributed by atoms with E-state index in [1.807, 2.05) is 30.3 Å². The first-order valence-electron chi connectivity index (χ1n) is 10.6. The largest absolute Gasteiger partial charge is 0.481 e. The Kier molecular flexibility index (Phi) is 7.78. The number of nitrogens with one attached hydrogen (secondary N) is 2. The first-order valence-corrected chi connectivity index (χ1v) is 10.6. The van der Waals surface area contributed by atoms with Gasteiger partial charge in [-0.2, -0.15) is 0 Å². The van der Waals surface area contributed by atoms with Crippen LogP contribution in [0.25, 0.3) is 0 Å². The van der Waals surface area contributed by atoms with Gasteiger partial charge in [-0.3, -0.25) is 14.4 Å². The molecule has 1 saturated carbocycles. The van der Waals surface area contributed by atoms with E-state index in [4.69, 9.17) is 10.8 Å². The Bertz CT molecular complexity index is 891. The Morgan fingerprint density at radius 2 is 1.61 bits per heavy atom. The molecule has 0 heterocycles. The van der Waals surface area contributed by atoms with Crippen molar-refractivity contribution in [1.29, 1.82) is 0 Å². The number of carboxylic acids is 1. The van der Waals surface area contributed by atoms with Crippen molar-refractivity contribution in [2.75, 3.05) is 11.9 Å². The lowest BCUT2D eigenvalue weighted by atomic mass is 9.81. The standard InChI is InChI=1S/C24H29N3O4/c25-15-17-6-10-19(11-7-17)23(30)27-22(18-4-2-1-3-5-18)24(31)26-20-12-8-16(9-13-20)14-21(28)29/h1-5,8-9,12-13,17,19,22H,6-7,10-11,14-15,25H2,(H,26,31)(H,27,30)(H,28,29)/t17?,19?,22-/m0/s1. The van der Waals surface area contributed by atoms with E-state index in [1.165, 1.54) is 0 Å². The smallest absolute Gasteiger partial charge is 0.307 e. The zero-order chi connectivity index (χ0) is 22.2. The molecule has 31 heavy (non-hydrogen) atoms. The van der Waals surface area contributed by atoms with Gasteiger partial charge in [0.05, 0.1) is 6.42 Å². The molecule has 0 aliphatic heterocycles. The van der Waals surface area contributed by atoms with Crippen molar-refractivity contribution >= 4 is 23.5 Å². The molecule has 1 aliphatic carbocycles. The molecule has 164 valence electrons. The minimum atomic E-state index is -0.913. The van der Waals surface area contributed by atoms with E-state index in [9.17, 15) is 14.4 Å². The Labute approximate surface area is 182 Å². The number of amides is 2. The fourth-order valence-electron chi connectivity index (χ4n) is 3.96. The number of anilines is 1. The molecule has 2 aromatic rings.